The topological polar surface area (TPSA) is 41.1 Å². The molecule has 3 nitrogen and oxygen atoms in total. The van der Waals surface area contributed by atoms with Crippen molar-refractivity contribution >= 4 is 5.91 Å². The van der Waals surface area contributed by atoms with Gasteiger partial charge in [-0.3, -0.25) is 4.79 Å². The van der Waals surface area contributed by atoms with Crippen LogP contribution >= 0.6 is 0 Å². The van der Waals surface area contributed by atoms with Gasteiger partial charge in [-0.15, -0.1) is 0 Å². The molecule has 0 radical (unpaired) electrons. The first-order chi connectivity index (χ1) is 6.68. The van der Waals surface area contributed by atoms with Gasteiger partial charge in [-0.1, -0.05) is 6.08 Å². The average Bonchev–Trinajstić information content (AvgIpc) is 2.43. The summed E-state index contributed by atoms with van der Waals surface area (Å²) >= 11 is 0. The third-order valence-electron chi connectivity index (χ3n) is 3.71. The van der Waals surface area contributed by atoms with Crippen molar-refractivity contribution in [1.82, 2.24) is 10.6 Å². The van der Waals surface area contributed by atoms with Crippen molar-refractivity contribution in [2.45, 2.75) is 32.2 Å². The lowest BCUT2D eigenvalue weighted by Crippen LogP contribution is -2.60. The zero-order valence-electron chi connectivity index (χ0n) is 8.89. The summed E-state index contributed by atoms with van der Waals surface area (Å²) in [6.45, 7) is 5.77. The first-order valence-electron chi connectivity index (χ1n) is 5.34. The Morgan fingerprint density at radius 1 is 1.64 bits per heavy atom. The zero-order valence-corrected chi connectivity index (χ0v) is 8.89. The minimum absolute atomic E-state index is 0.0847. The van der Waals surface area contributed by atoms with Crippen LogP contribution in [0, 0.1) is 5.92 Å². The molecule has 2 fully saturated rings. The second-order valence-corrected chi connectivity index (χ2v) is 4.45. The Kier molecular flexibility index (Phi) is 2.35. The summed E-state index contributed by atoms with van der Waals surface area (Å²) < 4.78 is 0. The van der Waals surface area contributed by atoms with E-state index in [9.17, 15) is 4.79 Å². The van der Waals surface area contributed by atoms with Crippen LogP contribution in [-0.2, 0) is 4.79 Å². The average molecular weight is 194 g/mol. The number of carbonyl (C=O) groups excluding carboxylic acids is 1. The van der Waals surface area contributed by atoms with Crippen LogP contribution in [0.1, 0.15) is 26.7 Å². The van der Waals surface area contributed by atoms with Crippen molar-refractivity contribution in [3.63, 3.8) is 0 Å². The number of carbonyl (C=O) groups is 1. The van der Waals surface area contributed by atoms with Crippen LogP contribution in [0.25, 0.3) is 0 Å². The van der Waals surface area contributed by atoms with Gasteiger partial charge in [-0.2, -0.15) is 0 Å². The highest BCUT2D eigenvalue weighted by atomic mass is 16.1. The number of rotatable bonds is 2. The lowest BCUT2D eigenvalue weighted by molar-refractivity contribution is -0.120. The van der Waals surface area contributed by atoms with E-state index in [0.29, 0.717) is 5.92 Å². The highest BCUT2D eigenvalue weighted by Gasteiger charge is 2.50. The van der Waals surface area contributed by atoms with E-state index in [1.807, 2.05) is 19.9 Å². The molecular weight excluding hydrogens is 176 g/mol. The fourth-order valence-corrected chi connectivity index (χ4v) is 2.36. The largest absolute Gasteiger partial charge is 0.345 e. The predicted octanol–water partition coefficient (Wildman–Crippen LogP) is 0.821. The van der Waals surface area contributed by atoms with E-state index < -0.39 is 0 Å². The lowest BCUT2D eigenvalue weighted by Gasteiger charge is -2.44. The number of hydrogen-bond donors (Lipinski definition) is 2. The Hall–Kier alpha value is -0.830. The van der Waals surface area contributed by atoms with Crippen molar-refractivity contribution in [3.8, 4) is 0 Å². The number of amides is 1. The number of fused-ring (bicyclic) bond motifs is 1. The van der Waals surface area contributed by atoms with Gasteiger partial charge in [0.05, 0.1) is 5.54 Å². The Labute approximate surface area is 84.9 Å². The molecule has 0 aromatic heterocycles. The molecule has 1 saturated heterocycles. The smallest absolute Gasteiger partial charge is 0.247 e. The number of allylic oxidation sites excluding steroid dienone is 1. The molecule has 78 valence electrons. The lowest BCUT2D eigenvalue weighted by atomic mass is 9.69. The summed E-state index contributed by atoms with van der Waals surface area (Å²) in [4.78, 5) is 11.7. The summed E-state index contributed by atoms with van der Waals surface area (Å²) in [6, 6.07) is 0. The van der Waals surface area contributed by atoms with Crippen LogP contribution in [0.15, 0.2) is 11.6 Å². The predicted molar refractivity (Wildman–Crippen MR) is 55.9 cm³/mol. The molecular formula is C11H18N2O. The molecule has 1 aliphatic heterocycles. The molecule has 2 unspecified atom stereocenters. The second-order valence-electron chi connectivity index (χ2n) is 4.45. The molecule has 0 spiro atoms. The normalized spacial score (nSPS) is 36.1. The van der Waals surface area contributed by atoms with Crippen LogP contribution in [0.2, 0.25) is 0 Å². The third kappa shape index (κ3) is 1.36. The number of hydrogen-bond acceptors (Lipinski definition) is 2. The third-order valence-corrected chi connectivity index (χ3v) is 3.71. The Morgan fingerprint density at radius 2 is 2.43 bits per heavy atom. The van der Waals surface area contributed by atoms with Gasteiger partial charge in [0.2, 0.25) is 5.91 Å². The molecule has 14 heavy (non-hydrogen) atoms. The summed E-state index contributed by atoms with van der Waals surface area (Å²) in [7, 11) is 0. The molecule has 1 amide bonds. The number of nitrogens with one attached hydrogen (secondary N) is 2. The molecule has 0 aromatic rings. The van der Waals surface area contributed by atoms with Crippen LogP contribution in [0.4, 0.5) is 0 Å². The van der Waals surface area contributed by atoms with E-state index in [0.717, 1.165) is 25.1 Å². The minimum atomic E-state index is 0.0847. The fraction of sp³-hybridized carbons (Fsp3) is 0.727. The molecule has 1 saturated carbocycles. The van der Waals surface area contributed by atoms with Gasteiger partial charge in [0, 0.05) is 18.7 Å². The van der Waals surface area contributed by atoms with Crippen LogP contribution < -0.4 is 10.6 Å². The van der Waals surface area contributed by atoms with E-state index in [2.05, 4.69) is 10.6 Å². The van der Waals surface area contributed by atoms with Gasteiger partial charge >= 0.3 is 0 Å². The Morgan fingerprint density at radius 3 is 2.93 bits per heavy atom. The fourth-order valence-electron chi connectivity index (χ4n) is 2.36. The van der Waals surface area contributed by atoms with Crippen molar-refractivity contribution < 1.29 is 4.79 Å². The second kappa shape index (κ2) is 3.39. The van der Waals surface area contributed by atoms with Gasteiger partial charge in [0.1, 0.15) is 0 Å². The van der Waals surface area contributed by atoms with Gasteiger partial charge in [-0.25, -0.2) is 0 Å². The maximum atomic E-state index is 11.7. The molecule has 2 aliphatic rings. The first kappa shape index (κ1) is 9.71. The van der Waals surface area contributed by atoms with Crippen molar-refractivity contribution in [1.29, 1.82) is 0 Å². The van der Waals surface area contributed by atoms with E-state index in [1.165, 1.54) is 6.42 Å². The molecule has 1 aliphatic carbocycles. The van der Waals surface area contributed by atoms with Crippen molar-refractivity contribution in [2.75, 3.05) is 13.1 Å². The Bertz CT molecular complexity index is 285. The summed E-state index contributed by atoms with van der Waals surface area (Å²) in [5.41, 5.74) is 0.901. The van der Waals surface area contributed by atoms with E-state index >= 15 is 0 Å². The molecule has 0 aromatic carbocycles. The van der Waals surface area contributed by atoms with Gasteiger partial charge in [0.25, 0.3) is 0 Å². The molecule has 3 heteroatoms. The van der Waals surface area contributed by atoms with Crippen LogP contribution in [0.3, 0.4) is 0 Å². The first-order valence-corrected chi connectivity index (χ1v) is 5.34. The van der Waals surface area contributed by atoms with E-state index in [-0.39, 0.29) is 11.4 Å². The van der Waals surface area contributed by atoms with Crippen molar-refractivity contribution in [2.24, 2.45) is 5.92 Å². The minimum Gasteiger partial charge on any atom is -0.345 e. The maximum Gasteiger partial charge on any atom is 0.247 e. The maximum absolute atomic E-state index is 11.7. The van der Waals surface area contributed by atoms with Crippen LogP contribution in [-0.4, -0.2) is 24.5 Å². The molecule has 2 rings (SSSR count). The highest BCUT2D eigenvalue weighted by molar-refractivity contribution is 5.93. The molecule has 0 bridgehead atoms. The summed E-state index contributed by atoms with van der Waals surface area (Å²) in [6.07, 6.45) is 4.25. The van der Waals surface area contributed by atoms with E-state index in [4.69, 9.17) is 0 Å². The molecule has 2 atom stereocenters. The summed E-state index contributed by atoms with van der Waals surface area (Å²) in [5.74, 6) is 0.761. The van der Waals surface area contributed by atoms with Gasteiger partial charge < -0.3 is 10.6 Å². The Balaban J connectivity index is 2.00. The van der Waals surface area contributed by atoms with E-state index in [1.54, 1.807) is 0 Å². The SMILES string of the molecule is C/C=C(\C)C(=O)NC12CCC1CNC2. The quantitative estimate of drug-likeness (QED) is 0.639. The standard InChI is InChI=1S/C11H18N2O/c1-3-8(2)10(14)13-11-5-4-9(11)6-12-7-11/h3,9,12H,4-7H2,1-2H3,(H,13,14)/b8-3+. The molecule has 2 N–H and O–H groups in total. The molecule has 1 heterocycles. The summed E-state index contributed by atoms with van der Waals surface area (Å²) in [5, 5.41) is 6.53. The van der Waals surface area contributed by atoms with Gasteiger partial charge in [0.15, 0.2) is 0 Å². The van der Waals surface area contributed by atoms with Crippen LogP contribution in [0.5, 0.6) is 0 Å². The highest BCUT2D eigenvalue weighted by Crippen LogP contribution is 2.41. The zero-order chi connectivity index (χ0) is 10.2. The van der Waals surface area contributed by atoms with Gasteiger partial charge in [-0.05, 0) is 32.6 Å². The monoisotopic (exact) mass is 194 g/mol. The van der Waals surface area contributed by atoms with Crippen molar-refractivity contribution in [3.05, 3.63) is 11.6 Å².